The van der Waals surface area contributed by atoms with Gasteiger partial charge in [-0.3, -0.25) is 4.79 Å². The second-order valence-corrected chi connectivity index (χ2v) is 9.53. The van der Waals surface area contributed by atoms with Crippen molar-refractivity contribution in [1.29, 1.82) is 0 Å². The lowest BCUT2D eigenvalue weighted by atomic mass is 9.92. The molecule has 9 heteroatoms. The highest BCUT2D eigenvalue weighted by Crippen LogP contribution is 2.27. The second kappa shape index (κ2) is 10.6. The van der Waals surface area contributed by atoms with E-state index < -0.39 is 10.0 Å². The first-order valence-electron chi connectivity index (χ1n) is 9.67. The van der Waals surface area contributed by atoms with E-state index in [0.29, 0.717) is 17.2 Å². The van der Waals surface area contributed by atoms with Gasteiger partial charge in [0.2, 0.25) is 10.0 Å². The molecule has 6 nitrogen and oxygen atoms in total. The Hall–Kier alpha value is -1.64. The van der Waals surface area contributed by atoms with Gasteiger partial charge < -0.3 is 10.6 Å². The molecule has 0 spiro atoms. The third-order valence-electron chi connectivity index (χ3n) is 5.32. The van der Waals surface area contributed by atoms with E-state index in [1.165, 1.54) is 18.2 Å². The van der Waals surface area contributed by atoms with Crippen LogP contribution < -0.4 is 15.4 Å². The zero-order chi connectivity index (χ0) is 21.0. The van der Waals surface area contributed by atoms with Gasteiger partial charge in [-0.2, -0.15) is 0 Å². The minimum atomic E-state index is -3.70. The standard InChI is InChI=1S/C21H26ClN3O3S.ClH/c1-14-5-3-4-6-18(14)21(26)24-20-8-7-17(13-19(20)22)29(27,28)25-15(2)16-9-11-23-12-10-16;/h3-8,13,15-16,23,25H,9-12H2,1-2H3,(H,24,26);1H/t15-;/m1./s1. The van der Waals surface area contributed by atoms with Gasteiger partial charge in [-0.05, 0) is 75.5 Å². The van der Waals surface area contributed by atoms with Crippen molar-refractivity contribution in [2.24, 2.45) is 5.92 Å². The summed E-state index contributed by atoms with van der Waals surface area (Å²) in [5.41, 5.74) is 1.75. The molecule has 2 aromatic carbocycles. The smallest absolute Gasteiger partial charge is 0.255 e. The summed E-state index contributed by atoms with van der Waals surface area (Å²) in [6, 6.07) is 11.4. The zero-order valence-corrected chi connectivity index (χ0v) is 19.3. The molecule has 0 aromatic heterocycles. The van der Waals surface area contributed by atoms with Crippen molar-refractivity contribution in [3.8, 4) is 0 Å². The van der Waals surface area contributed by atoms with Gasteiger partial charge >= 0.3 is 0 Å². The fourth-order valence-corrected chi connectivity index (χ4v) is 5.17. The molecule has 0 bridgehead atoms. The van der Waals surface area contributed by atoms with Crippen molar-refractivity contribution in [3.63, 3.8) is 0 Å². The van der Waals surface area contributed by atoms with Gasteiger partial charge in [0.15, 0.2) is 0 Å². The largest absolute Gasteiger partial charge is 0.321 e. The molecule has 164 valence electrons. The lowest BCUT2D eigenvalue weighted by molar-refractivity contribution is 0.102. The molecule has 1 saturated heterocycles. The van der Waals surface area contributed by atoms with Crippen LogP contribution in [-0.2, 0) is 10.0 Å². The van der Waals surface area contributed by atoms with Gasteiger partial charge in [-0.15, -0.1) is 12.4 Å². The minimum Gasteiger partial charge on any atom is -0.321 e. The quantitative estimate of drug-likeness (QED) is 0.594. The van der Waals surface area contributed by atoms with E-state index in [2.05, 4.69) is 15.4 Å². The number of halogens is 2. The lowest BCUT2D eigenvalue weighted by Crippen LogP contribution is -2.42. The van der Waals surface area contributed by atoms with E-state index in [1.54, 1.807) is 12.1 Å². The number of hydrogen-bond donors (Lipinski definition) is 3. The molecule has 2 aromatic rings. The van der Waals surface area contributed by atoms with E-state index in [4.69, 9.17) is 11.6 Å². The maximum Gasteiger partial charge on any atom is 0.255 e. The molecule has 1 heterocycles. The summed E-state index contributed by atoms with van der Waals surface area (Å²) in [6.45, 7) is 5.54. The monoisotopic (exact) mass is 471 g/mol. The van der Waals surface area contributed by atoms with E-state index in [-0.39, 0.29) is 34.3 Å². The van der Waals surface area contributed by atoms with E-state index in [0.717, 1.165) is 31.5 Å². The van der Waals surface area contributed by atoms with Crippen LogP contribution in [0, 0.1) is 12.8 Å². The number of aryl methyl sites for hydroxylation is 1. The SMILES string of the molecule is Cc1ccccc1C(=O)Nc1ccc(S(=O)(=O)N[C@H](C)C2CCNCC2)cc1Cl.Cl. The number of carbonyl (C=O) groups excluding carboxylic acids is 1. The first kappa shape index (κ1) is 24.6. The average molecular weight is 472 g/mol. The maximum absolute atomic E-state index is 12.8. The van der Waals surface area contributed by atoms with Crippen molar-refractivity contribution in [2.45, 2.75) is 37.6 Å². The molecular formula is C21H27Cl2N3O3S. The third-order valence-corrected chi connectivity index (χ3v) is 7.19. The van der Waals surface area contributed by atoms with E-state index in [9.17, 15) is 13.2 Å². The molecule has 3 N–H and O–H groups in total. The lowest BCUT2D eigenvalue weighted by Gasteiger charge is -2.28. The molecular weight excluding hydrogens is 445 g/mol. The molecule has 0 aliphatic carbocycles. The number of amides is 1. The molecule has 0 saturated carbocycles. The minimum absolute atomic E-state index is 0. The number of nitrogens with one attached hydrogen (secondary N) is 3. The Morgan fingerprint density at radius 1 is 1.17 bits per heavy atom. The first-order valence-corrected chi connectivity index (χ1v) is 11.5. The number of piperidine rings is 1. The summed E-state index contributed by atoms with van der Waals surface area (Å²) in [5.74, 6) is 0.00688. The van der Waals surface area contributed by atoms with Gasteiger partial charge in [-0.25, -0.2) is 13.1 Å². The van der Waals surface area contributed by atoms with Crippen molar-refractivity contribution in [2.75, 3.05) is 18.4 Å². The molecule has 1 aliphatic heterocycles. The first-order chi connectivity index (χ1) is 13.8. The summed E-state index contributed by atoms with van der Waals surface area (Å²) in [6.07, 6.45) is 1.88. The van der Waals surface area contributed by atoms with Crippen molar-refractivity contribution in [3.05, 3.63) is 58.6 Å². The van der Waals surface area contributed by atoms with Crippen LogP contribution in [0.2, 0.25) is 5.02 Å². The van der Waals surface area contributed by atoms with Crippen LogP contribution in [0.3, 0.4) is 0 Å². The van der Waals surface area contributed by atoms with Crippen LogP contribution in [0.5, 0.6) is 0 Å². The summed E-state index contributed by atoms with van der Waals surface area (Å²) in [4.78, 5) is 12.6. The summed E-state index contributed by atoms with van der Waals surface area (Å²) >= 11 is 6.28. The molecule has 3 rings (SSSR count). The summed E-state index contributed by atoms with van der Waals surface area (Å²) < 4.78 is 28.3. The van der Waals surface area contributed by atoms with E-state index in [1.807, 2.05) is 26.0 Å². The Morgan fingerprint density at radius 2 is 1.83 bits per heavy atom. The Kier molecular flexibility index (Phi) is 8.70. The third kappa shape index (κ3) is 5.95. The Balaban J connectivity index is 0.00000320. The van der Waals surface area contributed by atoms with Crippen LogP contribution >= 0.6 is 24.0 Å². The topological polar surface area (TPSA) is 87.3 Å². The highest BCUT2D eigenvalue weighted by Gasteiger charge is 2.25. The highest BCUT2D eigenvalue weighted by molar-refractivity contribution is 7.89. The molecule has 0 radical (unpaired) electrons. The van der Waals surface area contributed by atoms with Gasteiger partial charge in [0.1, 0.15) is 0 Å². The molecule has 1 amide bonds. The Morgan fingerprint density at radius 3 is 2.47 bits per heavy atom. The van der Waals surface area contributed by atoms with Gasteiger partial charge in [0, 0.05) is 11.6 Å². The normalized spacial score (nSPS) is 15.8. The van der Waals surface area contributed by atoms with Crippen LogP contribution in [0.25, 0.3) is 0 Å². The number of benzene rings is 2. The summed E-state index contributed by atoms with van der Waals surface area (Å²) in [5, 5.41) is 6.20. The molecule has 0 unspecified atom stereocenters. The Bertz CT molecular complexity index is 993. The van der Waals surface area contributed by atoms with Crippen LogP contribution in [-0.4, -0.2) is 33.5 Å². The highest BCUT2D eigenvalue weighted by atomic mass is 35.5. The van der Waals surface area contributed by atoms with Gasteiger partial charge in [0.25, 0.3) is 5.91 Å². The Labute approximate surface area is 189 Å². The average Bonchev–Trinajstić information content (AvgIpc) is 2.70. The second-order valence-electron chi connectivity index (χ2n) is 7.41. The molecule has 30 heavy (non-hydrogen) atoms. The van der Waals surface area contributed by atoms with Crippen molar-refractivity contribution < 1.29 is 13.2 Å². The number of rotatable bonds is 6. The molecule has 1 atom stereocenters. The van der Waals surface area contributed by atoms with Crippen LogP contribution in [0.1, 0.15) is 35.7 Å². The predicted octanol–water partition coefficient (Wildman–Crippen LogP) is 3.99. The van der Waals surface area contributed by atoms with Gasteiger partial charge in [-0.1, -0.05) is 29.8 Å². The predicted molar refractivity (Wildman–Crippen MR) is 123 cm³/mol. The van der Waals surface area contributed by atoms with Crippen LogP contribution in [0.15, 0.2) is 47.4 Å². The number of anilines is 1. The molecule has 1 fully saturated rings. The number of hydrogen-bond acceptors (Lipinski definition) is 4. The molecule has 1 aliphatic rings. The zero-order valence-electron chi connectivity index (χ0n) is 16.9. The number of carbonyl (C=O) groups is 1. The fraction of sp³-hybridized carbons (Fsp3) is 0.381. The van der Waals surface area contributed by atoms with Crippen LogP contribution in [0.4, 0.5) is 5.69 Å². The maximum atomic E-state index is 12.8. The number of sulfonamides is 1. The van der Waals surface area contributed by atoms with Gasteiger partial charge in [0.05, 0.1) is 15.6 Å². The summed E-state index contributed by atoms with van der Waals surface area (Å²) in [7, 11) is -3.70. The van der Waals surface area contributed by atoms with Crippen molar-refractivity contribution >= 4 is 45.6 Å². The fourth-order valence-electron chi connectivity index (χ4n) is 3.53. The van der Waals surface area contributed by atoms with Crippen molar-refractivity contribution in [1.82, 2.24) is 10.0 Å². The van der Waals surface area contributed by atoms with E-state index >= 15 is 0 Å².